The van der Waals surface area contributed by atoms with Crippen LogP contribution in [0.3, 0.4) is 0 Å². The van der Waals surface area contributed by atoms with Gasteiger partial charge < -0.3 is 0 Å². The predicted molar refractivity (Wildman–Crippen MR) is 70.5 cm³/mol. The third kappa shape index (κ3) is 4.49. The molecule has 1 aromatic rings. The molecule has 2 rings (SSSR count). The van der Waals surface area contributed by atoms with E-state index in [9.17, 15) is 35.9 Å². The third-order valence-electron chi connectivity index (χ3n) is 3.08. The second kappa shape index (κ2) is 6.57. The van der Waals surface area contributed by atoms with E-state index in [2.05, 4.69) is 6.20 Å². The van der Waals surface area contributed by atoms with E-state index in [1.165, 1.54) is 25.3 Å². The van der Waals surface area contributed by atoms with Gasteiger partial charge in [-0.2, -0.15) is 0 Å². The molecule has 0 fully saturated rings. The zero-order chi connectivity index (χ0) is 19.0. The summed E-state index contributed by atoms with van der Waals surface area (Å²) < 4.78 is 87.4. The van der Waals surface area contributed by atoms with Crippen LogP contribution in [-0.2, 0) is 24.7 Å². The Morgan fingerprint density at radius 1 is 0.920 bits per heavy atom. The fourth-order valence-corrected chi connectivity index (χ4v) is 9.49. The van der Waals surface area contributed by atoms with Crippen molar-refractivity contribution in [3.05, 3.63) is 29.3 Å². The zero-order valence-electron chi connectivity index (χ0n) is 12.4. The molecule has 5 nitrogen and oxygen atoms in total. The average molecular weight is 488 g/mol. The van der Waals surface area contributed by atoms with E-state index in [-0.39, 0.29) is 0 Å². The molecule has 0 spiro atoms. The maximum atomic E-state index is 12.5. The first-order chi connectivity index (χ1) is 11.4. The van der Waals surface area contributed by atoms with Gasteiger partial charge in [-0.05, 0) is 0 Å². The number of hydrogen-bond donors (Lipinski definition) is 0. The quantitative estimate of drug-likeness (QED) is 0.484. The molecule has 140 valence electrons. The standard InChI is InChI=1S/C13H10F6O5Te/c1-22-9-3-2-7-5-25(6-8(7)4-9,23-10(20)12(14,15)16)24-11(21)13(17,18)19/h2-4H,5-6H2,1H3. The molecule has 0 saturated heterocycles. The Morgan fingerprint density at radius 2 is 1.40 bits per heavy atom. The van der Waals surface area contributed by atoms with E-state index < -0.39 is 52.2 Å². The topological polar surface area (TPSA) is 61.8 Å². The fourth-order valence-electron chi connectivity index (χ4n) is 2.03. The van der Waals surface area contributed by atoms with E-state index in [0.29, 0.717) is 16.9 Å². The van der Waals surface area contributed by atoms with Crippen molar-refractivity contribution in [3.8, 4) is 5.75 Å². The van der Waals surface area contributed by atoms with Gasteiger partial charge in [0.15, 0.2) is 0 Å². The molecule has 12 heteroatoms. The Balaban J connectivity index is 2.35. The van der Waals surface area contributed by atoms with Gasteiger partial charge in [-0.1, -0.05) is 0 Å². The molecular weight excluding hydrogens is 478 g/mol. The normalized spacial score (nSPS) is 17.4. The van der Waals surface area contributed by atoms with Crippen LogP contribution in [0.25, 0.3) is 0 Å². The second-order valence-corrected chi connectivity index (χ2v) is 11.7. The first kappa shape index (κ1) is 19.7. The number of alkyl halides is 6. The van der Waals surface area contributed by atoms with E-state index >= 15 is 0 Å². The molecule has 0 amide bonds. The molecule has 0 N–H and O–H groups in total. The monoisotopic (exact) mass is 490 g/mol. The van der Waals surface area contributed by atoms with Crippen molar-refractivity contribution in [2.24, 2.45) is 0 Å². The van der Waals surface area contributed by atoms with Gasteiger partial charge in [-0.15, -0.1) is 0 Å². The van der Waals surface area contributed by atoms with Gasteiger partial charge >= 0.3 is 141 Å². The summed E-state index contributed by atoms with van der Waals surface area (Å²) in [7, 11) is 1.32. The second-order valence-electron chi connectivity index (χ2n) is 4.90. The van der Waals surface area contributed by atoms with E-state index in [1.54, 1.807) is 0 Å². The number of benzene rings is 1. The molecule has 0 unspecified atom stereocenters. The Morgan fingerprint density at radius 3 is 1.84 bits per heavy atom. The number of carbonyl (C=O) groups excluding carboxylic acids is 2. The van der Waals surface area contributed by atoms with Crippen LogP contribution in [0.2, 0.25) is 0 Å². The molecule has 25 heavy (non-hydrogen) atoms. The van der Waals surface area contributed by atoms with Crippen LogP contribution in [0, 0.1) is 0 Å². The summed E-state index contributed by atoms with van der Waals surface area (Å²) in [5.74, 6) is -5.05. The molecule has 1 aliphatic heterocycles. The van der Waals surface area contributed by atoms with Gasteiger partial charge in [0, 0.05) is 0 Å². The SMILES string of the molecule is COc1ccc2c(c1)C[Te](OC(=O)C(F)(F)F)(OC(=O)C(F)(F)F)C2. The Hall–Kier alpha value is -1.67. The van der Waals surface area contributed by atoms with Gasteiger partial charge in [0.2, 0.25) is 0 Å². The third-order valence-corrected chi connectivity index (χ3v) is 9.97. The van der Waals surface area contributed by atoms with Crippen molar-refractivity contribution in [2.45, 2.75) is 21.3 Å². The van der Waals surface area contributed by atoms with Crippen LogP contribution in [-0.4, -0.2) is 50.4 Å². The van der Waals surface area contributed by atoms with Crippen LogP contribution in [0.15, 0.2) is 18.2 Å². The zero-order valence-corrected chi connectivity index (χ0v) is 14.7. The Bertz CT molecular complexity index is 671. The predicted octanol–water partition coefficient (Wildman–Crippen LogP) is 2.53. The van der Waals surface area contributed by atoms with Crippen LogP contribution in [0.5, 0.6) is 5.75 Å². The van der Waals surface area contributed by atoms with Crippen LogP contribution in [0.1, 0.15) is 11.1 Å². The number of fused-ring (bicyclic) bond motifs is 1. The van der Waals surface area contributed by atoms with E-state index in [0.717, 1.165) is 0 Å². The van der Waals surface area contributed by atoms with Gasteiger partial charge in [0.05, 0.1) is 0 Å². The van der Waals surface area contributed by atoms with Crippen molar-refractivity contribution >= 4 is 30.9 Å². The van der Waals surface area contributed by atoms with Gasteiger partial charge in [0.1, 0.15) is 0 Å². The number of hydrogen-bond acceptors (Lipinski definition) is 5. The summed E-state index contributed by atoms with van der Waals surface area (Å²) in [6.07, 6.45) is -10.8. The Kier molecular flexibility index (Phi) is 5.16. The van der Waals surface area contributed by atoms with E-state index in [4.69, 9.17) is 4.74 Å². The summed E-state index contributed by atoms with van der Waals surface area (Å²) >= 11 is -5.16. The molecular formula is C13H10F6O5Te. The molecule has 1 heterocycles. The number of ether oxygens (including phenoxy) is 1. The van der Waals surface area contributed by atoms with Crippen molar-refractivity contribution in [1.29, 1.82) is 0 Å². The molecule has 0 bridgehead atoms. The molecule has 0 atom stereocenters. The minimum absolute atomic E-state index is 0.307. The maximum absolute atomic E-state index is 12.5. The van der Waals surface area contributed by atoms with Gasteiger partial charge in [0.25, 0.3) is 0 Å². The minimum atomic E-state index is -5.42. The summed E-state index contributed by atoms with van der Waals surface area (Å²) in [5.41, 5.74) is 0.650. The molecule has 1 aromatic carbocycles. The Labute approximate surface area is 141 Å². The fraction of sp³-hybridized carbons (Fsp3) is 0.385. The van der Waals surface area contributed by atoms with Crippen molar-refractivity contribution in [3.63, 3.8) is 0 Å². The van der Waals surface area contributed by atoms with Crippen molar-refractivity contribution in [2.75, 3.05) is 7.11 Å². The summed E-state index contributed by atoms with van der Waals surface area (Å²) in [6.45, 7) is 0. The molecule has 0 aromatic heterocycles. The van der Waals surface area contributed by atoms with Crippen LogP contribution >= 0.6 is 0 Å². The summed E-state index contributed by atoms with van der Waals surface area (Å²) in [6, 6.07) is 4.23. The average Bonchev–Trinajstić information content (AvgIpc) is 2.81. The van der Waals surface area contributed by atoms with Gasteiger partial charge in [-0.25, -0.2) is 0 Å². The summed E-state index contributed by atoms with van der Waals surface area (Å²) in [4.78, 5) is 22.3. The number of methoxy groups -OCH3 is 1. The molecule has 0 saturated carbocycles. The van der Waals surface area contributed by atoms with E-state index in [1.807, 2.05) is 0 Å². The van der Waals surface area contributed by atoms with Crippen LogP contribution < -0.4 is 4.74 Å². The van der Waals surface area contributed by atoms with Crippen molar-refractivity contribution < 1.29 is 46.9 Å². The van der Waals surface area contributed by atoms with Crippen molar-refractivity contribution in [1.82, 2.24) is 0 Å². The number of halogens is 6. The molecule has 0 aliphatic carbocycles. The number of rotatable bonds is 3. The van der Waals surface area contributed by atoms with Gasteiger partial charge in [-0.3, -0.25) is 0 Å². The first-order valence-electron chi connectivity index (χ1n) is 6.42. The number of carbonyl (C=O) groups is 2. The first-order valence-corrected chi connectivity index (χ1v) is 11.6. The molecule has 1 aliphatic rings. The van der Waals surface area contributed by atoms with Crippen LogP contribution in [0.4, 0.5) is 26.3 Å². The summed E-state index contributed by atoms with van der Waals surface area (Å²) in [5, 5.41) is 0. The molecule has 0 radical (unpaired) electrons.